The Morgan fingerprint density at radius 1 is 1.27 bits per heavy atom. The van der Waals surface area contributed by atoms with Crippen molar-refractivity contribution in [3.05, 3.63) is 56.0 Å². The lowest BCUT2D eigenvalue weighted by Crippen LogP contribution is -2.62. The van der Waals surface area contributed by atoms with Crippen molar-refractivity contribution in [1.29, 1.82) is 0 Å². The molecule has 8 heteroatoms. The average Bonchev–Trinajstić information content (AvgIpc) is 3.16. The van der Waals surface area contributed by atoms with Gasteiger partial charge in [0, 0.05) is 16.9 Å². The molecular formula is C18H18ClFO5S. The molecule has 26 heavy (non-hydrogen) atoms. The molecule has 3 heterocycles. The van der Waals surface area contributed by atoms with E-state index in [0.717, 1.165) is 4.88 Å². The molecular weight excluding hydrogens is 383 g/mol. The quantitative estimate of drug-likeness (QED) is 0.721. The van der Waals surface area contributed by atoms with E-state index in [2.05, 4.69) is 0 Å². The maximum absolute atomic E-state index is 14.5. The van der Waals surface area contributed by atoms with Gasteiger partial charge < -0.3 is 24.8 Å². The Bertz CT molecular complexity index is 843. The Hall–Kier alpha value is -1.06. The van der Waals surface area contributed by atoms with E-state index in [1.165, 1.54) is 17.4 Å². The van der Waals surface area contributed by atoms with E-state index >= 15 is 0 Å². The highest BCUT2D eigenvalue weighted by atomic mass is 35.5. The summed E-state index contributed by atoms with van der Waals surface area (Å²) in [6.45, 7) is 1.63. The number of halogens is 2. The molecule has 2 aromatic rings. The molecule has 1 fully saturated rings. The van der Waals surface area contributed by atoms with E-state index in [4.69, 9.17) is 21.1 Å². The van der Waals surface area contributed by atoms with Crippen LogP contribution in [0.25, 0.3) is 0 Å². The Morgan fingerprint density at radius 3 is 2.73 bits per heavy atom. The van der Waals surface area contributed by atoms with Gasteiger partial charge in [-0.05, 0) is 42.3 Å². The summed E-state index contributed by atoms with van der Waals surface area (Å²) in [5.41, 5.74) is 1.43. The molecule has 1 aromatic carbocycles. The third-order valence-corrected chi connectivity index (χ3v) is 6.22. The van der Waals surface area contributed by atoms with Crippen LogP contribution in [-0.4, -0.2) is 39.7 Å². The van der Waals surface area contributed by atoms with Crippen LogP contribution in [0.1, 0.15) is 28.5 Å². The van der Waals surface area contributed by atoms with Crippen molar-refractivity contribution in [3.63, 3.8) is 0 Å². The second-order valence-electron chi connectivity index (χ2n) is 6.69. The number of rotatable bonds is 2. The van der Waals surface area contributed by atoms with E-state index < -0.39 is 30.2 Å². The highest BCUT2D eigenvalue weighted by Crippen LogP contribution is 2.46. The summed E-state index contributed by atoms with van der Waals surface area (Å²) in [5, 5.41) is 30.7. The number of hydrogen-bond acceptors (Lipinski definition) is 6. The zero-order valence-corrected chi connectivity index (χ0v) is 15.4. The van der Waals surface area contributed by atoms with Crippen LogP contribution in [0.4, 0.5) is 4.39 Å². The molecule has 3 N–H and O–H groups in total. The van der Waals surface area contributed by atoms with Crippen LogP contribution in [0.5, 0.6) is 0 Å². The van der Waals surface area contributed by atoms with Crippen molar-refractivity contribution in [2.45, 2.75) is 50.2 Å². The van der Waals surface area contributed by atoms with Crippen molar-refractivity contribution < 1.29 is 29.2 Å². The number of thiophene rings is 1. The molecule has 1 aromatic heterocycles. The first kappa shape index (κ1) is 18.3. The van der Waals surface area contributed by atoms with Gasteiger partial charge in [-0.15, -0.1) is 11.3 Å². The first-order valence-electron chi connectivity index (χ1n) is 8.24. The van der Waals surface area contributed by atoms with Gasteiger partial charge in [0.05, 0.1) is 17.0 Å². The minimum absolute atomic E-state index is 0.0456. The van der Waals surface area contributed by atoms with Crippen LogP contribution < -0.4 is 0 Å². The molecule has 5 nitrogen and oxygen atoms in total. The van der Waals surface area contributed by atoms with Crippen LogP contribution in [0.2, 0.25) is 4.34 Å². The SMILES string of the molecule is C[C@H]1O[C@]2(OCc3cc(F)c(Cc4ccc(Cl)s4)cc32)[C@H](O)[C@@H](O)[C@@H]1O. The number of hydrogen-bond donors (Lipinski definition) is 3. The molecule has 4 rings (SSSR count). The molecule has 2 aliphatic rings. The van der Waals surface area contributed by atoms with Crippen molar-refractivity contribution in [2.75, 3.05) is 0 Å². The molecule has 5 atom stereocenters. The third kappa shape index (κ3) is 2.79. The second kappa shape index (κ2) is 6.53. The molecule has 0 unspecified atom stereocenters. The summed E-state index contributed by atoms with van der Waals surface area (Å²) in [4.78, 5) is 0.899. The Balaban J connectivity index is 1.75. The van der Waals surface area contributed by atoms with Crippen LogP contribution >= 0.6 is 22.9 Å². The lowest BCUT2D eigenvalue weighted by atomic mass is 9.87. The third-order valence-electron chi connectivity index (χ3n) is 4.99. The maximum Gasteiger partial charge on any atom is 0.225 e. The summed E-state index contributed by atoms with van der Waals surface area (Å²) >= 11 is 7.31. The zero-order chi connectivity index (χ0) is 18.6. The largest absolute Gasteiger partial charge is 0.388 e. The van der Waals surface area contributed by atoms with Gasteiger partial charge in [-0.1, -0.05) is 11.6 Å². The van der Waals surface area contributed by atoms with Crippen molar-refractivity contribution >= 4 is 22.9 Å². The number of fused-ring (bicyclic) bond motifs is 2. The molecule has 0 aliphatic carbocycles. The summed E-state index contributed by atoms with van der Waals surface area (Å²) in [6, 6.07) is 6.56. The van der Waals surface area contributed by atoms with E-state index in [9.17, 15) is 19.7 Å². The molecule has 0 saturated carbocycles. The van der Waals surface area contributed by atoms with E-state index in [-0.39, 0.29) is 12.4 Å². The first-order chi connectivity index (χ1) is 12.3. The Morgan fingerprint density at radius 2 is 2.04 bits per heavy atom. The molecule has 0 radical (unpaired) electrons. The number of ether oxygens (including phenoxy) is 2. The normalized spacial score (nSPS) is 33.6. The highest BCUT2D eigenvalue weighted by Gasteiger charge is 2.57. The summed E-state index contributed by atoms with van der Waals surface area (Å²) in [7, 11) is 0. The van der Waals surface area contributed by atoms with Gasteiger partial charge in [-0.25, -0.2) is 4.39 Å². The molecule has 1 saturated heterocycles. The highest BCUT2D eigenvalue weighted by molar-refractivity contribution is 7.16. The molecule has 140 valence electrons. The van der Waals surface area contributed by atoms with Crippen LogP contribution in [-0.2, 0) is 28.3 Å². The molecule has 2 aliphatic heterocycles. The van der Waals surface area contributed by atoms with Crippen LogP contribution in [0.15, 0.2) is 24.3 Å². The van der Waals surface area contributed by atoms with Gasteiger partial charge in [0.2, 0.25) is 5.79 Å². The zero-order valence-electron chi connectivity index (χ0n) is 13.9. The minimum atomic E-state index is -1.62. The fraction of sp³-hybridized carbons (Fsp3) is 0.444. The molecule has 1 spiro atoms. The second-order valence-corrected chi connectivity index (χ2v) is 8.49. The van der Waals surface area contributed by atoms with E-state index in [1.54, 1.807) is 19.1 Å². The molecule has 0 bridgehead atoms. The predicted molar refractivity (Wildman–Crippen MR) is 93.6 cm³/mol. The van der Waals surface area contributed by atoms with Gasteiger partial charge in [-0.2, -0.15) is 0 Å². The number of benzene rings is 1. The first-order valence-corrected chi connectivity index (χ1v) is 9.43. The van der Waals surface area contributed by atoms with E-state index in [0.29, 0.717) is 27.4 Å². The van der Waals surface area contributed by atoms with Crippen LogP contribution in [0.3, 0.4) is 0 Å². The van der Waals surface area contributed by atoms with Gasteiger partial charge in [0.15, 0.2) is 0 Å². The van der Waals surface area contributed by atoms with Crippen molar-refractivity contribution in [3.8, 4) is 0 Å². The Kier molecular flexibility index (Phi) is 4.60. The molecule has 0 amide bonds. The van der Waals surface area contributed by atoms with Gasteiger partial charge in [0.25, 0.3) is 0 Å². The monoisotopic (exact) mass is 400 g/mol. The number of aliphatic hydroxyl groups excluding tert-OH is 3. The lowest BCUT2D eigenvalue weighted by Gasteiger charge is -2.45. The topological polar surface area (TPSA) is 79.2 Å². The standard InChI is InChI=1S/C18H18ClFO5S/c1-8-15(21)16(22)17(23)18(25-8)12-5-9(4-11-2-3-14(19)26-11)13(20)6-10(12)7-24-18/h2-3,5-6,8,15-17,21-23H,4,7H2,1H3/t8-,15-,16+,17-,18+/m1/s1. The van der Waals surface area contributed by atoms with Crippen molar-refractivity contribution in [1.82, 2.24) is 0 Å². The average molecular weight is 401 g/mol. The van der Waals surface area contributed by atoms with Gasteiger partial charge in [0.1, 0.15) is 24.1 Å². The fourth-order valence-electron chi connectivity index (χ4n) is 3.58. The van der Waals surface area contributed by atoms with Crippen molar-refractivity contribution in [2.24, 2.45) is 0 Å². The Labute approximate surface area is 158 Å². The number of aliphatic hydroxyl groups is 3. The summed E-state index contributed by atoms with van der Waals surface area (Å²) < 4.78 is 26.6. The van der Waals surface area contributed by atoms with Gasteiger partial charge in [-0.3, -0.25) is 0 Å². The van der Waals surface area contributed by atoms with Gasteiger partial charge >= 0.3 is 0 Å². The predicted octanol–water partition coefficient (Wildman–Crippen LogP) is 2.32. The summed E-state index contributed by atoms with van der Waals surface area (Å²) in [6.07, 6.45) is -4.59. The minimum Gasteiger partial charge on any atom is -0.388 e. The summed E-state index contributed by atoms with van der Waals surface area (Å²) in [5.74, 6) is -2.00. The van der Waals surface area contributed by atoms with Crippen LogP contribution in [0, 0.1) is 5.82 Å². The lowest BCUT2D eigenvalue weighted by molar-refractivity contribution is -0.362. The smallest absolute Gasteiger partial charge is 0.225 e. The maximum atomic E-state index is 14.5. The fourth-order valence-corrected chi connectivity index (χ4v) is 4.69. The van der Waals surface area contributed by atoms with E-state index in [1.807, 2.05) is 6.07 Å².